The van der Waals surface area contributed by atoms with E-state index < -0.39 is 32.7 Å². The molecule has 2 N–H and O–H groups in total. The van der Waals surface area contributed by atoms with Crippen molar-refractivity contribution in [2.75, 3.05) is 0 Å². The van der Waals surface area contributed by atoms with Crippen molar-refractivity contribution in [1.82, 2.24) is 4.72 Å². The summed E-state index contributed by atoms with van der Waals surface area (Å²) in [5.41, 5.74) is 0.658. The highest BCUT2D eigenvalue weighted by Crippen LogP contribution is 2.14. The number of carbonyl (C=O) groups is 1. The molecule has 0 fully saturated rings. The van der Waals surface area contributed by atoms with Gasteiger partial charge in [-0.1, -0.05) is 42.5 Å². The minimum atomic E-state index is -4.26. The van der Waals surface area contributed by atoms with Crippen molar-refractivity contribution in [3.8, 4) is 0 Å². The summed E-state index contributed by atoms with van der Waals surface area (Å²) < 4.78 is 39.9. The molecule has 0 bridgehead atoms. The highest BCUT2D eigenvalue weighted by molar-refractivity contribution is 7.89. The summed E-state index contributed by atoms with van der Waals surface area (Å²) in [6, 6.07) is 12.0. The molecule has 2 rings (SSSR count). The molecule has 0 saturated heterocycles. The maximum Gasteiger partial charge on any atom is 0.322 e. The van der Waals surface area contributed by atoms with E-state index in [4.69, 9.17) is 0 Å². The second-order valence-corrected chi connectivity index (χ2v) is 6.31. The second-order valence-electron chi connectivity index (χ2n) is 4.63. The standard InChI is InChI=1S/C15H14FNO4S/c16-12-8-4-5-9-14(12)22(20,21)17-13(15(18)19)10-11-6-2-1-3-7-11/h1-9,13,17H,10H2,(H,18,19)/t13-/m1/s1. The van der Waals surface area contributed by atoms with Crippen molar-refractivity contribution >= 4 is 16.0 Å². The van der Waals surface area contributed by atoms with Crippen LogP contribution in [-0.2, 0) is 21.2 Å². The Kier molecular flexibility index (Phi) is 4.89. The third kappa shape index (κ3) is 3.90. The first-order valence-electron chi connectivity index (χ1n) is 6.44. The van der Waals surface area contributed by atoms with Crippen molar-refractivity contribution in [3.63, 3.8) is 0 Å². The van der Waals surface area contributed by atoms with Gasteiger partial charge in [0.15, 0.2) is 0 Å². The lowest BCUT2D eigenvalue weighted by Crippen LogP contribution is -2.42. The Hall–Kier alpha value is -2.25. The lowest BCUT2D eigenvalue weighted by molar-refractivity contribution is -0.138. The summed E-state index contributed by atoms with van der Waals surface area (Å²) in [6.07, 6.45) is -0.0378. The first kappa shape index (κ1) is 16.1. The third-order valence-corrected chi connectivity index (χ3v) is 4.51. The number of rotatable bonds is 6. The van der Waals surface area contributed by atoms with Gasteiger partial charge in [-0.3, -0.25) is 4.79 Å². The molecular weight excluding hydrogens is 309 g/mol. The molecule has 0 unspecified atom stereocenters. The van der Waals surface area contributed by atoms with Gasteiger partial charge in [0.1, 0.15) is 16.8 Å². The molecule has 0 aliphatic heterocycles. The summed E-state index contributed by atoms with van der Waals surface area (Å²) in [4.78, 5) is 10.7. The number of carboxylic acids is 1. The lowest BCUT2D eigenvalue weighted by atomic mass is 10.1. The minimum Gasteiger partial charge on any atom is -0.480 e. The monoisotopic (exact) mass is 323 g/mol. The summed E-state index contributed by atoms with van der Waals surface area (Å²) in [5.74, 6) is -2.26. The van der Waals surface area contributed by atoms with Gasteiger partial charge in [-0.15, -0.1) is 0 Å². The van der Waals surface area contributed by atoms with Gasteiger partial charge in [0.2, 0.25) is 10.0 Å². The van der Waals surface area contributed by atoms with Gasteiger partial charge in [0, 0.05) is 0 Å². The smallest absolute Gasteiger partial charge is 0.322 e. The number of aliphatic carboxylic acids is 1. The Labute approximate surface area is 127 Å². The number of hydrogen-bond acceptors (Lipinski definition) is 3. The first-order chi connectivity index (χ1) is 10.4. The predicted molar refractivity (Wildman–Crippen MR) is 78.3 cm³/mol. The molecule has 7 heteroatoms. The summed E-state index contributed by atoms with van der Waals surface area (Å²) in [5, 5.41) is 9.19. The van der Waals surface area contributed by atoms with Crippen LogP contribution in [0.2, 0.25) is 0 Å². The first-order valence-corrected chi connectivity index (χ1v) is 7.92. The quantitative estimate of drug-likeness (QED) is 0.849. The van der Waals surface area contributed by atoms with Crippen LogP contribution < -0.4 is 4.72 Å². The highest BCUT2D eigenvalue weighted by Gasteiger charge is 2.27. The van der Waals surface area contributed by atoms with E-state index in [0.717, 1.165) is 12.1 Å². The molecule has 0 heterocycles. The Morgan fingerprint density at radius 3 is 2.27 bits per heavy atom. The Balaban J connectivity index is 2.24. The number of hydrogen-bond donors (Lipinski definition) is 2. The number of nitrogens with one attached hydrogen (secondary N) is 1. The molecule has 1 atom stereocenters. The molecule has 0 aromatic heterocycles. The van der Waals surface area contributed by atoms with Crippen molar-refractivity contribution in [3.05, 3.63) is 66.0 Å². The molecule has 2 aromatic rings. The Morgan fingerprint density at radius 1 is 1.09 bits per heavy atom. The molecule has 0 saturated carbocycles. The lowest BCUT2D eigenvalue weighted by Gasteiger charge is -2.15. The highest BCUT2D eigenvalue weighted by atomic mass is 32.2. The maximum absolute atomic E-state index is 13.6. The van der Waals surface area contributed by atoms with E-state index in [1.807, 2.05) is 4.72 Å². The van der Waals surface area contributed by atoms with Crippen LogP contribution in [0.25, 0.3) is 0 Å². The fourth-order valence-corrected chi connectivity index (χ4v) is 3.21. The summed E-state index contributed by atoms with van der Waals surface area (Å²) >= 11 is 0. The molecule has 0 spiro atoms. The van der Waals surface area contributed by atoms with Gasteiger partial charge >= 0.3 is 5.97 Å². The largest absolute Gasteiger partial charge is 0.480 e. The van der Waals surface area contributed by atoms with E-state index in [1.165, 1.54) is 12.1 Å². The molecular formula is C15H14FNO4S. The zero-order chi connectivity index (χ0) is 16.2. The fourth-order valence-electron chi connectivity index (χ4n) is 1.94. The van der Waals surface area contributed by atoms with Crippen molar-refractivity contribution in [2.45, 2.75) is 17.4 Å². The Morgan fingerprint density at radius 2 is 1.68 bits per heavy atom. The molecule has 0 radical (unpaired) electrons. The van der Waals surface area contributed by atoms with Crippen molar-refractivity contribution < 1.29 is 22.7 Å². The Bertz CT molecular complexity index is 762. The van der Waals surface area contributed by atoms with E-state index in [1.54, 1.807) is 30.3 Å². The van der Waals surface area contributed by atoms with Crippen molar-refractivity contribution in [1.29, 1.82) is 0 Å². The predicted octanol–water partition coefficient (Wildman–Crippen LogP) is 1.80. The SMILES string of the molecule is O=C(O)[C@@H](Cc1ccccc1)NS(=O)(=O)c1ccccc1F. The van der Waals surface area contributed by atoms with Gasteiger partial charge in [-0.2, -0.15) is 4.72 Å². The zero-order valence-electron chi connectivity index (χ0n) is 11.4. The molecule has 2 aromatic carbocycles. The van der Waals surface area contributed by atoms with E-state index in [2.05, 4.69) is 0 Å². The van der Waals surface area contributed by atoms with E-state index in [0.29, 0.717) is 5.56 Å². The van der Waals surface area contributed by atoms with Crippen LogP contribution in [0.15, 0.2) is 59.5 Å². The number of carboxylic acid groups (broad SMARTS) is 1. The van der Waals surface area contributed by atoms with Gasteiger partial charge in [0.05, 0.1) is 0 Å². The fraction of sp³-hybridized carbons (Fsp3) is 0.133. The maximum atomic E-state index is 13.6. The van der Waals surface area contributed by atoms with Gasteiger partial charge in [-0.25, -0.2) is 12.8 Å². The van der Waals surface area contributed by atoms with Crippen LogP contribution in [0.5, 0.6) is 0 Å². The van der Waals surface area contributed by atoms with Gasteiger partial charge in [0.25, 0.3) is 0 Å². The number of sulfonamides is 1. The van der Waals surface area contributed by atoms with Crippen molar-refractivity contribution in [2.24, 2.45) is 0 Å². The molecule has 0 amide bonds. The topological polar surface area (TPSA) is 83.5 Å². The van der Waals surface area contributed by atoms with E-state index in [-0.39, 0.29) is 6.42 Å². The van der Waals surface area contributed by atoms with Crippen LogP contribution in [0.1, 0.15) is 5.56 Å². The van der Waals surface area contributed by atoms with Gasteiger partial charge in [-0.05, 0) is 24.1 Å². The zero-order valence-corrected chi connectivity index (χ0v) is 12.3. The average molecular weight is 323 g/mol. The van der Waals surface area contributed by atoms with E-state index in [9.17, 15) is 22.7 Å². The third-order valence-electron chi connectivity index (χ3n) is 3.00. The normalized spacial score (nSPS) is 12.8. The van der Waals surface area contributed by atoms with Crippen LogP contribution >= 0.6 is 0 Å². The summed E-state index contributed by atoms with van der Waals surface area (Å²) in [6.45, 7) is 0. The van der Waals surface area contributed by atoms with E-state index >= 15 is 0 Å². The molecule has 0 aliphatic carbocycles. The number of benzene rings is 2. The molecule has 116 valence electrons. The average Bonchev–Trinajstić information content (AvgIpc) is 2.47. The van der Waals surface area contributed by atoms with Crippen LogP contribution in [0.3, 0.4) is 0 Å². The van der Waals surface area contributed by atoms with Crippen LogP contribution in [-0.4, -0.2) is 25.5 Å². The van der Waals surface area contributed by atoms with Gasteiger partial charge < -0.3 is 5.11 Å². The number of halogens is 1. The molecule has 0 aliphatic rings. The minimum absolute atomic E-state index is 0.0378. The summed E-state index contributed by atoms with van der Waals surface area (Å²) in [7, 11) is -4.26. The molecule has 22 heavy (non-hydrogen) atoms. The second kappa shape index (κ2) is 6.67. The molecule has 5 nitrogen and oxygen atoms in total. The van der Waals surface area contributed by atoms with Crippen LogP contribution in [0.4, 0.5) is 4.39 Å². The van der Waals surface area contributed by atoms with Crippen LogP contribution in [0, 0.1) is 5.82 Å².